The van der Waals surface area contributed by atoms with Crippen molar-refractivity contribution in [3.05, 3.63) is 52.3 Å². The summed E-state index contributed by atoms with van der Waals surface area (Å²) in [7, 11) is 0. The second-order valence-corrected chi connectivity index (χ2v) is 13.8. The Hall–Kier alpha value is -4.16. The van der Waals surface area contributed by atoms with E-state index >= 15 is 0 Å². The molecule has 0 aliphatic rings. The molecule has 0 saturated carbocycles. The highest BCUT2D eigenvalue weighted by atomic mass is 16.6. The zero-order chi connectivity index (χ0) is 34.6. The molecule has 0 saturated heterocycles. The van der Waals surface area contributed by atoms with Crippen LogP contribution < -0.4 is 21.7 Å². The van der Waals surface area contributed by atoms with E-state index in [9.17, 15) is 24.0 Å². The summed E-state index contributed by atoms with van der Waals surface area (Å²) >= 11 is 0. The van der Waals surface area contributed by atoms with E-state index in [1.54, 1.807) is 20.8 Å². The molecule has 2 rings (SSSR count). The maximum Gasteiger partial charge on any atom is 0.442 e. The summed E-state index contributed by atoms with van der Waals surface area (Å²) < 4.78 is 16.7. The van der Waals surface area contributed by atoms with E-state index in [4.69, 9.17) is 14.0 Å². The van der Waals surface area contributed by atoms with E-state index in [2.05, 4.69) is 21.1 Å². The lowest BCUT2D eigenvalue weighted by molar-refractivity contribution is -0.129. The van der Waals surface area contributed by atoms with E-state index in [0.717, 1.165) is 10.1 Å². The van der Waals surface area contributed by atoms with Crippen LogP contribution in [0.25, 0.3) is 0 Å². The third-order valence-electron chi connectivity index (χ3n) is 6.68. The minimum atomic E-state index is -0.985. The number of carbonyl (C=O) groups is 4. The number of benzene rings is 1. The van der Waals surface area contributed by atoms with Crippen LogP contribution in [0, 0.1) is 17.8 Å². The number of rotatable bonds is 16. The Kier molecular flexibility index (Phi) is 14.5. The van der Waals surface area contributed by atoms with Crippen molar-refractivity contribution in [2.45, 2.75) is 118 Å². The summed E-state index contributed by atoms with van der Waals surface area (Å²) in [6.07, 6.45) is -0.502. The zero-order valence-electron chi connectivity index (χ0n) is 28.5. The van der Waals surface area contributed by atoms with Gasteiger partial charge in [-0.05, 0) is 63.4 Å². The Morgan fingerprint density at radius 1 is 0.848 bits per heavy atom. The summed E-state index contributed by atoms with van der Waals surface area (Å²) in [6.45, 7) is 16.3. The molecule has 0 fully saturated rings. The highest BCUT2D eigenvalue weighted by Gasteiger charge is 2.31. The van der Waals surface area contributed by atoms with Gasteiger partial charge in [0, 0.05) is 2.85 Å². The first-order valence-electron chi connectivity index (χ1n) is 15.8. The molecule has 0 spiro atoms. The Bertz CT molecular complexity index is 1360. The summed E-state index contributed by atoms with van der Waals surface area (Å²) in [5.41, 5.74) is 0.0418. The van der Waals surface area contributed by atoms with Gasteiger partial charge in [-0.1, -0.05) is 77.0 Å². The van der Waals surface area contributed by atoms with E-state index in [-0.39, 0.29) is 39.5 Å². The Balaban J connectivity index is 0.0000110. The van der Waals surface area contributed by atoms with Gasteiger partial charge >= 0.3 is 17.9 Å². The summed E-state index contributed by atoms with van der Waals surface area (Å²) in [5.74, 6) is -1.71. The SMILES string of the molecule is CC(C)C[C@H](NC(=O)[C@H](CC(C)C)NC(=O)OCc1ccccc1)C(=O)Cn1c([C@H](CC(C)C)NC(=O)OC(C)(C)C)noc1=O.[HH].[HH]. The standard InChI is InChI=1S/C33H51N5O8.2H2/c1-20(2)15-24(34-29(40)26(17-22(5)6)36-30(41)44-19-23-13-11-10-12-14-23)27(39)18-38-28(37-46-32(38)43)25(16-21(3)4)35-31(42)45-33(7,8)9;;/h10-14,20-22,24-26H,15-19H2,1-9H3,(H,34,40)(H,35,42)(H,36,41);2*1H/t24-,25-,26-;;/m0../s1. The smallest absolute Gasteiger partial charge is 0.442 e. The first-order chi connectivity index (χ1) is 21.4. The average Bonchev–Trinajstić information content (AvgIpc) is 3.29. The van der Waals surface area contributed by atoms with Gasteiger partial charge in [0.25, 0.3) is 0 Å². The van der Waals surface area contributed by atoms with Crippen LogP contribution in [-0.4, -0.2) is 51.3 Å². The monoisotopic (exact) mass is 649 g/mol. The molecule has 2 aromatic rings. The van der Waals surface area contributed by atoms with Crippen molar-refractivity contribution in [3.63, 3.8) is 0 Å². The van der Waals surface area contributed by atoms with Crippen LogP contribution in [0.1, 0.15) is 102 Å². The fraction of sp³-hybridized carbons (Fsp3) is 0.636. The molecule has 1 aromatic heterocycles. The predicted molar refractivity (Wildman–Crippen MR) is 176 cm³/mol. The van der Waals surface area contributed by atoms with Crippen LogP contribution in [-0.2, 0) is 32.2 Å². The number of Topliss-reactive ketones (excluding diaryl/α,β-unsaturated/α-hetero) is 1. The number of nitrogens with one attached hydrogen (secondary N) is 3. The number of ether oxygens (including phenoxy) is 2. The number of amides is 3. The number of carbonyl (C=O) groups excluding carboxylic acids is 4. The van der Waals surface area contributed by atoms with Crippen LogP contribution in [0.5, 0.6) is 0 Å². The van der Waals surface area contributed by atoms with Gasteiger partial charge in [-0.3, -0.25) is 18.7 Å². The largest absolute Gasteiger partial charge is 0.445 e. The molecule has 3 N–H and O–H groups in total. The van der Waals surface area contributed by atoms with Gasteiger partial charge in [-0.15, -0.1) is 0 Å². The highest BCUT2D eigenvalue weighted by Crippen LogP contribution is 2.21. The summed E-state index contributed by atoms with van der Waals surface area (Å²) in [5, 5.41) is 12.0. The van der Waals surface area contributed by atoms with Gasteiger partial charge in [0.2, 0.25) is 5.91 Å². The molecule has 1 aromatic carbocycles. The van der Waals surface area contributed by atoms with Crippen molar-refractivity contribution in [2.75, 3.05) is 0 Å². The third-order valence-corrected chi connectivity index (χ3v) is 6.68. The van der Waals surface area contributed by atoms with Crippen molar-refractivity contribution >= 4 is 23.9 Å². The summed E-state index contributed by atoms with van der Waals surface area (Å²) in [6, 6.07) is 6.42. The number of aromatic nitrogens is 2. The second kappa shape index (κ2) is 17.5. The first kappa shape index (κ1) is 38.0. The molecule has 13 heteroatoms. The number of hydrogen-bond acceptors (Lipinski definition) is 9. The van der Waals surface area contributed by atoms with Crippen LogP contribution in [0.2, 0.25) is 0 Å². The quantitative estimate of drug-likeness (QED) is 0.216. The fourth-order valence-electron chi connectivity index (χ4n) is 4.72. The van der Waals surface area contributed by atoms with Crippen molar-refractivity contribution in [2.24, 2.45) is 17.8 Å². The number of ketones is 1. The van der Waals surface area contributed by atoms with E-state index in [1.165, 1.54) is 0 Å². The number of hydrogen-bond donors (Lipinski definition) is 3. The number of alkyl carbamates (subject to hydrolysis) is 2. The van der Waals surface area contributed by atoms with Gasteiger partial charge in [0.1, 0.15) is 18.2 Å². The zero-order valence-corrected chi connectivity index (χ0v) is 28.5. The maximum absolute atomic E-state index is 13.7. The molecular weight excluding hydrogens is 594 g/mol. The topological polar surface area (TPSA) is 171 Å². The van der Waals surface area contributed by atoms with Crippen LogP contribution in [0.15, 0.2) is 39.6 Å². The van der Waals surface area contributed by atoms with Crippen molar-refractivity contribution in [1.29, 1.82) is 0 Å². The highest BCUT2D eigenvalue weighted by molar-refractivity contribution is 5.92. The molecule has 3 amide bonds. The normalized spacial score (nSPS) is 13.7. The molecular formula is C33H55N5O8. The molecule has 0 aliphatic carbocycles. The number of nitrogens with zero attached hydrogens (tertiary/aromatic N) is 2. The maximum atomic E-state index is 13.7. The van der Waals surface area contributed by atoms with Crippen molar-refractivity contribution < 1.29 is 36.0 Å². The fourth-order valence-corrected chi connectivity index (χ4v) is 4.72. The van der Waals surface area contributed by atoms with E-state index in [1.807, 2.05) is 71.9 Å². The molecule has 3 atom stereocenters. The molecule has 13 nitrogen and oxygen atoms in total. The molecule has 0 radical (unpaired) electrons. The second-order valence-electron chi connectivity index (χ2n) is 13.8. The van der Waals surface area contributed by atoms with E-state index < -0.39 is 59.9 Å². The van der Waals surface area contributed by atoms with Gasteiger partial charge in [0.05, 0.1) is 18.6 Å². The van der Waals surface area contributed by atoms with Crippen LogP contribution in [0.3, 0.4) is 0 Å². The minimum Gasteiger partial charge on any atom is -0.445 e. The lowest BCUT2D eigenvalue weighted by Gasteiger charge is -2.25. The Morgan fingerprint density at radius 2 is 1.43 bits per heavy atom. The van der Waals surface area contributed by atoms with Crippen LogP contribution in [0.4, 0.5) is 9.59 Å². The van der Waals surface area contributed by atoms with Crippen molar-refractivity contribution in [1.82, 2.24) is 25.7 Å². The molecule has 1 heterocycles. The summed E-state index contributed by atoms with van der Waals surface area (Å²) in [4.78, 5) is 65.2. The van der Waals surface area contributed by atoms with Crippen molar-refractivity contribution in [3.8, 4) is 0 Å². The van der Waals surface area contributed by atoms with Gasteiger partial charge in [-0.25, -0.2) is 14.4 Å². The molecule has 0 aliphatic heterocycles. The molecule has 46 heavy (non-hydrogen) atoms. The van der Waals surface area contributed by atoms with Gasteiger partial charge in [0.15, 0.2) is 11.6 Å². The Labute approximate surface area is 274 Å². The third kappa shape index (κ3) is 13.5. The van der Waals surface area contributed by atoms with Crippen LogP contribution >= 0.6 is 0 Å². The van der Waals surface area contributed by atoms with Gasteiger partial charge in [-0.2, -0.15) is 0 Å². The molecule has 0 unspecified atom stereocenters. The Morgan fingerprint density at radius 3 is 2.00 bits per heavy atom. The minimum absolute atomic E-state index is 0. The first-order valence-corrected chi connectivity index (χ1v) is 15.8. The molecule has 0 bridgehead atoms. The molecule has 260 valence electrons. The van der Waals surface area contributed by atoms with Gasteiger partial charge < -0.3 is 25.4 Å². The lowest BCUT2D eigenvalue weighted by Crippen LogP contribution is -2.53. The predicted octanol–water partition coefficient (Wildman–Crippen LogP) is 5.38. The average molecular weight is 650 g/mol. The lowest BCUT2D eigenvalue weighted by atomic mass is 9.98. The van der Waals surface area contributed by atoms with E-state index in [0.29, 0.717) is 12.8 Å².